The highest BCUT2D eigenvalue weighted by molar-refractivity contribution is 5.95. The monoisotopic (exact) mass is 269 g/mol. The van der Waals surface area contributed by atoms with Crippen LogP contribution in [0.1, 0.15) is 21.5 Å². The predicted octanol–water partition coefficient (Wildman–Crippen LogP) is 2.29. The van der Waals surface area contributed by atoms with Crippen LogP contribution in [0.4, 0.5) is 5.69 Å². The highest BCUT2D eigenvalue weighted by Crippen LogP contribution is 2.14. The number of carbonyl (C=O) groups is 1. The van der Waals surface area contributed by atoms with Gasteiger partial charge in [0, 0.05) is 37.2 Å². The lowest BCUT2D eigenvalue weighted by molar-refractivity contribution is 0.0796. The van der Waals surface area contributed by atoms with Crippen LogP contribution in [0.5, 0.6) is 0 Å². The molecule has 0 unspecified atom stereocenters. The number of pyridine rings is 1. The zero-order valence-corrected chi connectivity index (χ0v) is 11.8. The molecular formula is C16H19N3O. The summed E-state index contributed by atoms with van der Waals surface area (Å²) in [6, 6.07) is 9.35. The van der Waals surface area contributed by atoms with Gasteiger partial charge in [-0.3, -0.25) is 9.78 Å². The van der Waals surface area contributed by atoms with E-state index in [0.717, 1.165) is 12.0 Å². The number of hydrogen-bond acceptors (Lipinski definition) is 3. The van der Waals surface area contributed by atoms with Crippen LogP contribution in [0.15, 0.2) is 42.7 Å². The van der Waals surface area contributed by atoms with Gasteiger partial charge in [0.2, 0.25) is 0 Å². The molecule has 0 atom stereocenters. The largest absolute Gasteiger partial charge is 0.398 e. The number of carbonyl (C=O) groups excluding carboxylic acids is 1. The molecule has 1 aromatic heterocycles. The maximum Gasteiger partial charge on any atom is 0.253 e. The van der Waals surface area contributed by atoms with Crippen LogP contribution in [0.3, 0.4) is 0 Å². The van der Waals surface area contributed by atoms with Gasteiger partial charge in [0.05, 0.1) is 0 Å². The Hall–Kier alpha value is -2.36. The number of amides is 1. The first-order chi connectivity index (χ1) is 9.58. The van der Waals surface area contributed by atoms with Gasteiger partial charge in [-0.1, -0.05) is 6.07 Å². The SMILES string of the molecule is Cc1ccc(C(=O)N(C)CCc2ccncc2)cc1N. The third-order valence-electron chi connectivity index (χ3n) is 3.36. The minimum absolute atomic E-state index is 0.00856. The number of aryl methyl sites for hydroxylation is 1. The lowest BCUT2D eigenvalue weighted by atomic mass is 10.1. The minimum Gasteiger partial charge on any atom is -0.398 e. The number of benzene rings is 1. The number of likely N-dealkylation sites (N-methyl/N-ethyl adjacent to an activating group) is 1. The number of rotatable bonds is 4. The lowest BCUT2D eigenvalue weighted by Gasteiger charge is -2.17. The highest BCUT2D eigenvalue weighted by atomic mass is 16.2. The molecule has 2 aromatic rings. The average molecular weight is 269 g/mol. The molecule has 20 heavy (non-hydrogen) atoms. The third-order valence-corrected chi connectivity index (χ3v) is 3.36. The van der Waals surface area contributed by atoms with Crippen LogP contribution >= 0.6 is 0 Å². The second kappa shape index (κ2) is 6.19. The Bertz CT molecular complexity index is 596. The molecule has 0 aliphatic heterocycles. The van der Waals surface area contributed by atoms with Gasteiger partial charge in [-0.15, -0.1) is 0 Å². The van der Waals surface area contributed by atoms with E-state index in [4.69, 9.17) is 5.73 Å². The fourth-order valence-corrected chi connectivity index (χ4v) is 1.94. The quantitative estimate of drug-likeness (QED) is 0.866. The highest BCUT2D eigenvalue weighted by Gasteiger charge is 2.12. The number of aromatic nitrogens is 1. The van der Waals surface area contributed by atoms with Crippen molar-refractivity contribution in [3.63, 3.8) is 0 Å². The van der Waals surface area contributed by atoms with E-state index in [9.17, 15) is 4.79 Å². The Balaban J connectivity index is 1.99. The van der Waals surface area contributed by atoms with E-state index in [2.05, 4.69) is 4.98 Å². The Morgan fingerprint density at radius 1 is 1.25 bits per heavy atom. The maximum absolute atomic E-state index is 12.3. The van der Waals surface area contributed by atoms with E-state index in [1.807, 2.05) is 31.2 Å². The van der Waals surface area contributed by atoms with Crippen molar-refractivity contribution >= 4 is 11.6 Å². The van der Waals surface area contributed by atoms with Crippen LogP contribution in [0.25, 0.3) is 0 Å². The Morgan fingerprint density at radius 3 is 2.60 bits per heavy atom. The molecule has 0 radical (unpaired) electrons. The molecule has 2 N–H and O–H groups in total. The Kier molecular flexibility index (Phi) is 4.35. The molecule has 4 heteroatoms. The number of nitrogens with zero attached hydrogens (tertiary/aromatic N) is 2. The zero-order chi connectivity index (χ0) is 14.5. The molecular weight excluding hydrogens is 250 g/mol. The normalized spacial score (nSPS) is 10.3. The van der Waals surface area contributed by atoms with E-state index in [1.165, 1.54) is 5.56 Å². The molecule has 0 saturated carbocycles. The van der Waals surface area contributed by atoms with E-state index in [0.29, 0.717) is 17.8 Å². The molecule has 2 rings (SSSR count). The van der Waals surface area contributed by atoms with Crippen LogP contribution in [-0.2, 0) is 6.42 Å². The van der Waals surface area contributed by atoms with Gasteiger partial charge in [0.1, 0.15) is 0 Å². The van der Waals surface area contributed by atoms with Gasteiger partial charge >= 0.3 is 0 Å². The summed E-state index contributed by atoms with van der Waals surface area (Å²) in [5.41, 5.74) is 9.28. The second-order valence-corrected chi connectivity index (χ2v) is 4.90. The van der Waals surface area contributed by atoms with Crippen LogP contribution < -0.4 is 5.73 Å². The van der Waals surface area contributed by atoms with Crippen LogP contribution in [-0.4, -0.2) is 29.4 Å². The van der Waals surface area contributed by atoms with E-state index >= 15 is 0 Å². The van der Waals surface area contributed by atoms with E-state index in [-0.39, 0.29) is 5.91 Å². The molecule has 104 valence electrons. The smallest absolute Gasteiger partial charge is 0.253 e. The van der Waals surface area contributed by atoms with Crippen molar-refractivity contribution < 1.29 is 4.79 Å². The van der Waals surface area contributed by atoms with Crippen molar-refractivity contribution in [3.8, 4) is 0 Å². The predicted molar refractivity (Wildman–Crippen MR) is 80.5 cm³/mol. The van der Waals surface area contributed by atoms with Gasteiger partial charge in [0.15, 0.2) is 0 Å². The first-order valence-electron chi connectivity index (χ1n) is 6.58. The van der Waals surface area contributed by atoms with Crippen molar-refractivity contribution in [2.45, 2.75) is 13.3 Å². The van der Waals surface area contributed by atoms with Gasteiger partial charge in [-0.25, -0.2) is 0 Å². The van der Waals surface area contributed by atoms with Crippen molar-refractivity contribution in [2.75, 3.05) is 19.3 Å². The van der Waals surface area contributed by atoms with Crippen molar-refractivity contribution in [3.05, 3.63) is 59.4 Å². The molecule has 0 fully saturated rings. The fraction of sp³-hybridized carbons (Fsp3) is 0.250. The first-order valence-corrected chi connectivity index (χ1v) is 6.58. The molecule has 0 spiro atoms. The fourth-order valence-electron chi connectivity index (χ4n) is 1.94. The molecule has 4 nitrogen and oxygen atoms in total. The summed E-state index contributed by atoms with van der Waals surface area (Å²) in [5, 5.41) is 0. The molecule has 1 aromatic carbocycles. The summed E-state index contributed by atoms with van der Waals surface area (Å²) >= 11 is 0. The topological polar surface area (TPSA) is 59.2 Å². The molecule has 0 aliphatic rings. The number of nitrogens with two attached hydrogens (primary N) is 1. The van der Waals surface area contributed by atoms with E-state index < -0.39 is 0 Å². The third kappa shape index (κ3) is 3.35. The minimum atomic E-state index is -0.00856. The maximum atomic E-state index is 12.3. The summed E-state index contributed by atoms with van der Waals surface area (Å²) < 4.78 is 0. The average Bonchev–Trinajstić information content (AvgIpc) is 2.48. The molecule has 0 bridgehead atoms. The van der Waals surface area contributed by atoms with Crippen molar-refractivity contribution in [2.24, 2.45) is 0 Å². The Labute approximate surface area is 119 Å². The lowest BCUT2D eigenvalue weighted by Crippen LogP contribution is -2.28. The summed E-state index contributed by atoms with van der Waals surface area (Å²) in [6.07, 6.45) is 4.34. The molecule has 1 amide bonds. The Morgan fingerprint density at radius 2 is 1.95 bits per heavy atom. The summed E-state index contributed by atoms with van der Waals surface area (Å²) in [7, 11) is 1.81. The standard InChI is InChI=1S/C16H19N3O/c1-12-3-4-14(11-15(12)17)16(20)19(2)10-7-13-5-8-18-9-6-13/h3-6,8-9,11H,7,10,17H2,1-2H3. The van der Waals surface area contributed by atoms with Crippen molar-refractivity contribution in [1.29, 1.82) is 0 Å². The molecule has 1 heterocycles. The molecule has 0 aliphatic carbocycles. The summed E-state index contributed by atoms with van der Waals surface area (Å²) in [6.45, 7) is 2.59. The number of anilines is 1. The zero-order valence-electron chi connectivity index (χ0n) is 11.8. The first kappa shape index (κ1) is 14.1. The van der Waals surface area contributed by atoms with Gasteiger partial charge in [-0.2, -0.15) is 0 Å². The summed E-state index contributed by atoms with van der Waals surface area (Å²) in [5.74, 6) is -0.00856. The number of nitrogen functional groups attached to an aromatic ring is 1. The van der Waals surface area contributed by atoms with Gasteiger partial charge in [0.25, 0.3) is 5.91 Å². The van der Waals surface area contributed by atoms with Crippen molar-refractivity contribution in [1.82, 2.24) is 9.88 Å². The molecule has 0 saturated heterocycles. The van der Waals surface area contributed by atoms with Gasteiger partial charge in [-0.05, 0) is 48.7 Å². The van der Waals surface area contributed by atoms with Crippen LogP contribution in [0.2, 0.25) is 0 Å². The number of hydrogen-bond donors (Lipinski definition) is 1. The van der Waals surface area contributed by atoms with Gasteiger partial charge < -0.3 is 10.6 Å². The van der Waals surface area contributed by atoms with E-state index in [1.54, 1.807) is 30.4 Å². The second-order valence-electron chi connectivity index (χ2n) is 4.90. The van der Waals surface area contributed by atoms with Crippen LogP contribution in [0, 0.1) is 6.92 Å². The summed E-state index contributed by atoms with van der Waals surface area (Å²) in [4.78, 5) is 18.0.